The number of rotatable bonds is 9. The highest BCUT2D eigenvalue weighted by atomic mass is 16.4. The second-order valence-electron chi connectivity index (χ2n) is 5.47. The van der Waals surface area contributed by atoms with E-state index in [-0.39, 0.29) is 18.3 Å². The molecule has 0 aromatic carbocycles. The quantitative estimate of drug-likeness (QED) is 0.495. The number of carboxylic acid groups (broad SMARTS) is 1. The van der Waals surface area contributed by atoms with Crippen molar-refractivity contribution in [1.29, 1.82) is 0 Å². The average molecular weight is 285 g/mol. The lowest BCUT2D eigenvalue weighted by atomic mass is 10.0. The molecule has 1 atom stereocenters. The Bertz CT molecular complexity index is 380. The maximum absolute atomic E-state index is 11.7. The zero-order valence-corrected chi connectivity index (χ0v) is 11.8. The predicted molar refractivity (Wildman–Crippen MR) is 73.0 cm³/mol. The molecule has 0 radical (unpaired) electrons. The van der Waals surface area contributed by atoms with E-state index in [9.17, 15) is 14.4 Å². The fraction of sp³-hybridized carbons (Fsp3) is 0.769. The van der Waals surface area contributed by atoms with E-state index in [4.69, 9.17) is 10.8 Å². The van der Waals surface area contributed by atoms with Gasteiger partial charge in [0.15, 0.2) is 0 Å². The van der Waals surface area contributed by atoms with Crippen LogP contribution in [0.2, 0.25) is 0 Å². The highest BCUT2D eigenvalue weighted by molar-refractivity contribution is 5.83. The molecule has 1 fully saturated rings. The predicted octanol–water partition coefficient (Wildman–Crippen LogP) is 0.585. The van der Waals surface area contributed by atoms with Crippen LogP contribution in [-0.4, -0.2) is 35.6 Å². The van der Waals surface area contributed by atoms with Crippen molar-refractivity contribution in [1.82, 2.24) is 10.6 Å². The minimum atomic E-state index is -1.17. The molecule has 1 aliphatic carbocycles. The number of aliphatic carboxylic acids is 1. The van der Waals surface area contributed by atoms with Gasteiger partial charge in [0, 0.05) is 13.0 Å². The Morgan fingerprint density at radius 3 is 2.45 bits per heavy atom. The van der Waals surface area contributed by atoms with Crippen molar-refractivity contribution in [2.75, 3.05) is 6.54 Å². The summed E-state index contributed by atoms with van der Waals surface area (Å²) in [5, 5.41) is 14.0. The van der Waals surface area contributed by atoms with Gasteiger partial charge in [0.2, 0.25) is 5.91 Å². The minimum absolute atomic E-state index is 0.00180. The van der Waals surface area contributed by atoms with Gasteiger partial charge >= 0.3 is 12.0 Å². The highest BCUT2D eigenvalue weighted by Crippen LogP contribution is 2.48. The van der Waals surface area contributed by atoms with E-state index in [1.807, 2.05) is 0 Å². The third-order valence-corrected chi connectivity index (χ3v) is 3.64. The van der Waals surface area contributed by atoms with Crippen molar-refractivity contribution in [3.63, 3.8) is 0 Å². The molecule has 0 spiro atoms. The van der Waals surface area contributed by atoms with E-state index in [1.165, 1.54) is 0 Å². The first-order chi connectivity index (χ1) is 9.38. The molecule has 0 heterocycles. The van der Waals surface area contributed by atoms with Gasteiger partial charge in [-0.1, -0.05) is 13.3 Å². The van der Waals surface area contributed by atoms with E-state index in [2.05, 4.69) is 17.6 Å². The second-order valence-corrected chi connectivity index (χ2v) is 5.47. The van der Waals surface area contributed by atoms with Crippen LogP contribution < -0.4 is 16.4 Å². The number of nitrogens with two attached hydrogens (primary N) is 1. The van der Waals surface area contributed by atoms with Crippen LogP contribution in [0, 0.1) is 5.41 Å². The van der Waals surface area contributed by atoms with Crippen LogP contribution in [0.1, 0.15) is 45.4 Å². The summed E-state index contributed by atoms with van der Waals surface area (Å²) in [5.41, 5.74) is 5.18. The maximum atomic E-state index is 11.7. The highest BCUT2D eigenvalue weighted by Gasteiger charge is 2.41. The number of primary amides is 1. The molecule has 114 valence electrons. The molecule has 0 saturated heterocycles. The first-order valence-electron chi connectivity index (χ1n) is 6.94. The Balaban J connectivity index is 2.34. The van der Waals surface area contributed by atoms with Crippen molar-refractivity contribution in [3.8, 4) is 0 Å². The van der Waals surface area contributed by atoms with E-state index in [0.717, 1.165) is 25.7 Å². The molecule has 7 heteroatoms. The minimum Gasteiger partial charge on any atom is -0.480 e. The molecule has 1 aliphatic rings. The lowest BCUT2D eigenvalue weighted by Gasteiger charge is -2.18. The molecule has 1 saturated carbocycles. The first-order valence-corrected chi connectivity index (χ1v) is 6.94. The monoisotopic (exact) mass is 285 g/mol. The Labute approximate surface area is 118 Å². The van der Waals surface area contributed by atoms with Crippen molar-refractivity contribution in [2.24, 2.45) is 11.1 Å². The lowest BCUT2D eigenvalue weighted by Crippen LogP contribution is -2.47. The zero-order valence-electron chi connectivity index (χ0n) is 11.8. The van der Waals surface area contributed by atoms with Gasteiger partial charge in [-0.25, -0.2) is 9.59 Å². The van der Waals surface area contributed by atoms with E-state index >= 15 is 0 Å². The van der Waals surface area contributed by atoms with Gasteiger partial charge < -0.3 is 21.5 Å². The summed E-state index contributed by atoms with van der Waals surface area (Å²) >= 11 is 0. The molecule has 0 aromatic heterocycles. The normalized spacial score (nSPS) is 17.1. The zero-order chi connectivity index (χ0) is 15.2. The second kappa shape index (κ2) is 7.12. The summed E-state index contributed by atoms with van der Waals surface area (Å²) in [6, 6.07) is -1.60. The standard InChI is InChI=1S/C13H23N3O4/c1-2-5-13(6-7-13)8-15-12(20)16-9(11(18)19)3-4-10(14)17/h9H,2-8H2,1H3,(H2,14,17)(H,18,19)(H2,15,16,20). The number of carboxylic acids is 1. The Morgan fingerprint density at radius 2 is 2.00 bits per heavy atom. The van der Waals surface area contributed by atoms with Crippen LogP contribution >= 0.6 is 0 Å². The number of urea groups is 1. The van der Waals surface area contributed by atoms with Gasteiger partial charge in [-0.2, -0.15) is 0 Å². The van der Waals surface area contributed by atoms with Gasteiger partial charge in [-0.15, -0.1) is 0 Å². The van der Waals surface area contributed by atoms with Gasteiger partial charge in [-0.05, 0) is 31.1 Å². The molecule has 7 nitrogen and oxygen atoms in total. The summed E-state index contributed by atoms with van der Waals surface area (Å²) in [7, 11) is 0. The van der Waals surface area contributed by atoms with Gasteiger partial charge in [0.25, 0.3) is 0 Å². The third kappa shape index (κ3) is 5.46. The summed E-state index contributed by atoms with van der Waals surface area (Å²) in [6.07, 6.45) is 4.27. The summed E-state index contributed by atoms with van der Waals surface area (Å²) < 4.78 is 0. The molecule has 0 bridgehead atoms. The van der Waals surface area contributed by atoms with E-state index < -0.39 is 23.9 Å². The number of nitrogens with one attached hydrogen (secondary N) is 2. The van der Waals surface area contributed by atoms with Crippen molar-refractivity contribution in [2.45, 2.75) is 51.5 Å². The van der Waals surface area contributed by atoms with Gasteiger partial charge in [-0.3, -0.25) is 4.79 Å². The van der Waals surface area contributed by atoms with Gasteiger partial charge in [0.1, 0.15) is 6.04 Å². The van der Waals surface area contributed by atoms with Crippen molar-refractivity contribution in [3.05, 3.63) is 0 Å². The van der Waals surface area contributed by atoms with Crippen LogP contribution in [0.15, 0.2) is 0 Å². The summed E-state index contributed by atoms with van der Waals surface area (Å²) in [4.78, 5) is 33.3. The van der Waals surface area contributed by atoms with Crippen LogP contribution in [0.4, 0.5) is 4.79 Å². The molecule has 1 unspecified atom stereocenters. The molecule has 3 amide bonds. The van der Waals surface area contributed by atoms with Crippen LogP contribution in [0.5, 0.6) is 0 Å². The Kier molecular flexibility index (Phi) is 5.79. The summed E-state index contributed by atoms with van der Waals surface area (Å²) in [6.45, 7) is 2.67. The van der Waals surface area contributed by atoms with Gasteiger partial charge in [0.05, 0.1) is 0 Å². The number of carbonyl (C=O) groups is 3. The SMILES string of the molecule is CCCC1(CNC(=O)NC(CCC(N)=O)C(=O)O)CC1. The topological polar surface area (TPSA) is 122 Å². The smallest absolute Gasteiger partial charge is 0.326 e. The fourth-order valence-corrected chi connectivity index (χ4v) is 2.24. The molecule has 0 aliphatic heterocycles. The third-order valence-electron chi connectivity index (χ3n) is 3.64. The van der Waals surface area contributed by atoms with Crippen molar-refractivity contribution >= 4 is 17.9 Å². The number of hydrogen-bond acceptors (Lipinski definition) is 3. The van der Waals surface area contributed by atoms with E-state index in [1.54, 1.807) is 0 Å². The number of hydrogen-bond donors (Lipinski definition) is 4. The molecular formula is C13H23N3O4. The lowest BCUT2D eigenvalue weighted by molar-refractivity contribution is -0.139. The molecule has 0 aromatic rings. The molecule has 5 N–H and O–H groups in total. The van der Waals surface area contributed by atoms with Crippen LogP contribution in [0.3, 0.4) is 0 Å². The molecular weight excluding hydrogens is 262 g/mol. The number of carbonyl (C=O) groups excluding carboxylic acids is 2. The van der Waals surface area contributed by atoms with Crippen molar-refractivity contribution < 1.29 is 19.5 Å². The average Bonchev–Trinajstić information content (AvgIpc) is 3.12. The van der Waals surface area contributed by atoms with Crippen LogP contribution in [-0.2, 0) is 9.59 Å². The maximum Gasteiger partial charge on any atom is 0.326 e. The number of amides is 3. The summed E-state index contributed by atoms with van der Waals surface area (Å²) in [5.74, 6) is -1.76. The largest absolute Gasteiger partial charge is 0.480 e. The van der Waals surface area contributed by atoms with Crippen LogP contribution in [0.25, 0.3) is 0 Å². The Morgan fingerprint density at radius 1 is 1.35 bits per heavy atom. The molecule has 20 heavy (non-hydrogen) atoms. The molecule has 1 rings (SSSR count). The van der Waals surface area contributed by atoms with E-state index in [0.29, 0.717) is 6.54 Å². The Hall–Kier alpha value is -1.79. The first kappa shape index (κ1) is 16.3. The fourth-order valence-electron chi connectivity index (χ4n) is 2.24.